The van der Waals surface area contributed by atoms with Crippen LogP contribution in [0.1, 0.15) is 5.56 Å². The molecule has 0 N–H and O–H groups in total. The summed E-state index contributed by atoms with van der Waals surface area (Å²) in [7, 11) is 1.93. The highest BCUT2D eigenvalue weighted by Crippen LogP contribution is 2.39. The molecule has 3 aromatic heterocycles. The summed E-state index contributed by atoms with van der Waals surface area (Å²) >= 11 is 1.53. The zero-order valence-electron chi connectivity index (χ0n) is 13.2. The van der Waals surface area contributed by atoms with Crippen molar-refractivity contribution in [2.75, 3.05) is 0 Å². The number of hydrogen-bond acceptors (Lipinski definition) is 4. The molecule has 24 heavy (non-hydrogen) atoms. The van der Waals surface area contributed by atoms with E-state index in [1.165, 1.54) is 17.4 Å². The van der Waals surface area contributed by atoms with Crippen LogP contribution in [-0.4, -0.2) is 14.5 Å². The van der Waals surface area contributed by atoms with Crippen molar-refractivity contribution in [2.45, 2.75) is 6.92 Å². The third-order valence-corrected chi connectivity index (χ3v) is 4.80. The number of benzene rings is 1. The molecule has 0 amide bonds. The lowest BCUT2D eigenvalue weighted by atomic mass is 10.2. The van der Waals surface area contributed by atoms with Gasteiger partial charge < -0.3 is 9.30 Å². The molecule has 0 aliphatic rings. The first-order chi connectivity index (χ1) is 11.6. The molecule has 0 bridgehead atoms. The minimum absolute atomic E-state index is 0.209. The molecule has 0 saturated carbocycles. The number of hydrogen-bond donors (Lipinski definition) is 0. The first-order valence-electron chi connectivity index (χ1n) is 7.41. The average molecular weight is 339 g/mol. The molecule has 0 radical (unpaired) electrons. The van der Waals surface area contributed by atoms with Gasteiger partial charge in [0.1, 0.15) is 5.75 Å². The molecule has 4 rings (SSSR count). The Morgan fingerprint density at radius 2 is 2.00 bits per heavy atom. The number of imidazole rings is 1. The number of rotatable bonds is 3. The lowest BCUT2D eigenvalue weighted by molar-refractivity contribution is 0.446. The predicted octanol–water partition coefficient (Wildman–Crippen LogP) is 4.94. The largest absolute Gasteiger partial charge is 0.453 e. The summed E-state index contributed by atoms with van der Waals surface area (Å²) in [5.74, 6) is 0.428. The Balaban J connectivity index is 1.77. The van der Waals surface area contributed by atoms with Gasteiger partial charge in [-0.15, -0.1) is 11.3 Å². The Hall–Kier alpha value is -2.73. The predicted molar refractivity (Wildman–Crippen MR) is 93.0 cm³/mol. The smallest absolute Gasteiger partial charge is 0.165 e. The molecule has 4 aromatic rings. The van der Waals surface area contributed by atoms with Gasteiger partial charge >= 0.3 is 0 Å². The molecular formula is C18H14FN3OS. The van der Waals surface area contributed by atoms with Gasteiger partial charge in [0.05, 0.1) is 27.1 Å². The van der Waals surface area contributed by atoms with E-state index in [9.17, 15) is 4.39 Å². The molecule has 0 atom stereocenters. The fourth-order valence-electron chi connectivity index (χ4n) is 2.47. The standard InChI is InChI=1S/C18H14FN3OS/c1-11-3-4-15(12(19)7-11)23-16-5-6-20-13-8-17(24-18(13)16)14-9-22(2)10-21-14/h3-10H,1-2H3. The number of ether oxygens (including phenoxy) is 1. The topological polar surface area (TPSA) is 39.9 Å². The van der Waals surface area contributed by atoms with Crippen molar-refractivity contribution in [1.82, 2.24) is 14.5 Å². The SMILES string of the molecule is Cc1ccc(Oc2ccnc3cc(-c4cn(C)cn4)sc23)c(F)c1. The first kappa shape index (κ1) is 14.8. The summed E-state index contributed by atoms with van der Waals surface area (Å²) in [6, 6.07) is 8.65. The van der Waals surface area contributed by atoms with E-state index < -0.39 is 0 Å². The summed E-state index contributed by atoms with van der Waals surface area (Å²) in [4.78, 5) is 9.74. The highest BCUT2D eigenvalue weighted by molar-refractivity contribution is 7.22. The van der Waals surface area contributed by atoms with Gasteiger partial charge in [-0.05, 0) is 30.7 Å². The van der Waals surface area contributed by atoms with Gasteiger partial charge in [0.2, 0.25) is 0 Å². The average Bonchev–Trinajstić information content (AvgIpc) is 3.16. The van der Waals surface area contributed by atoms with Gasteiger partial charge in [-0.1, -0.05) is 6.07 Å². The fraction of sp³-hybridized carbons (Fsp3) is 0.111. The van der Waals surface area contributed by atoms with E-state index in [1.54, 1.807) is 24.7 Å². The van der Waals surface area contributed by atoms with Crippen molar-refractivity contribution in [1.29, 1.82) is 0 Å². The third kappa shape index (κ3) is 2.65. The molecule has 6 heteroatoms. The maximum Gasteiger partial charge on any atom is 0.165 e. The molecule has 0 fully saturated rings. The van der Waals surface area contributed by atoms with E-state index in [0.717, 1.165) is 26.4 Å². The number of halogens is 1. The first-order valence-corrected chi connectivity index (χ1v) is 8.23. The second kappa shape index (κ2) is 5.72. The molecule has 1 aromatic carbocycles. The van der Waals surface area contributed by atoms with Crippen LogP contribution >= 0.6 is 11.3 Å². The van der Waals surface area contributed by atoms with Crippen LogP contribution in [0.25, 0.3) is 20.8 Å². The van der Waals surface area contributed by atoms with Gasteiger partial charge in [-0.3, -0.25) is 4.98 Å². The van der Waals surface area contributed by atoms with Crippen LogP contribution in [0, 0.1) is 12.7 Å². The Labute approximate surface area is 142 Å². The Morgan fingerprint density at radius 1 is 1.12 bits per heavy atom. The van der Waals surface area contributed by atoms with Crippen LogP contribution < -0.4 is 4.74 Å². The molecule has 0 aliphatic carbocycles. The van der Waals surface area contributed by atoms with E-state index >= 15 is 0 Å². The summed E-state index contributed by atoms with van der Waals surface area (Å²) in [5.41, 5.74) is 2.55. The van der Waals surface area contributed by atoms with E-state index in [1.807, 2.05) is 36.9 Å². The summed E-state index contributed by atoms with van der Waals surface area (Å²) in [6.07, 6.45) is 5.37. The Kier molecular flexibility index (Phi) is 3.54. The van der Waals surface area contributed by atoms with Crippen molar-refractivity contribution >= 4 is 21.6 Å². The zero-order chi connectivity index (χ0) is 16.7. The second-order valence-corrected chi connectivity index (χ2v) is 6.65. The van der Waals surface area contributed by atoms with E-state index in [0.29, 0.717) is 5.75 Å². The van der Waals surface area contributed by atoms with Crippen LogP contribution in [-0.2, 0) is 7.05 Å². The van der Waals surface area contributed by atoms with Gasteiger partial charge in [0, 0.05) is 25.5 Å². The van der Waals surface area contributed by atoms with Crippen molar-refractivity contribution in [3.8, 4) is 22.1 Å². The number of fused-ring (bicyclic) bond motifs is 1. The van der Waals surface area contributed by atoms with Gasteiger partial charge in [0.25, 0.3) is 0 Å². The number of nitrogens with zero attached hydrogens (tertiary/aromatic N) is 3. The highest BCUT2D eigenvalue weighted by atomic mass is 32.1. The lowest BCUT2D eigenvalue weighted by Gasteiger charge is -2.07. The normalized spacial score (nSPS) is 11.1. The van der Waals surface area contributed by atoms with Crippen molar-refractivity contribution in [3.05, 3.63) is 60.4 Å². The number of aryl methyl sites for hydroxylation is 2. The quantitative estimate of drug-likeness (QED) is 0.531. The number of pyridine rings is 1. The van der Waals surface area contributed by atoms with Crippen molar-refractivity contribution in [2.24, 2.45) is 7.05 Å². The number of thiophene rings is 1. The van der Waals surface area contributed by atoms with E-state index in [-0.39, 0.29) is 11.6 Å². The highest BCUT2D eigenvalue weighted by Gasteiger charge is 2.13. The van der Waals surface area contributed by atoms with E-state index in [2.05, 4.69) is 9.97 Å². The molecule has 0 saturated heterocycles. The van der Waals surface area contributed by atoms with E-state index in [4.69, 9.17) is 4.74 Å². The zero-order valence-corrected chi connectivity index (χ0v) is 14.0. The molecule has 3 heterocycles. The van der Waals surface area contributed by atoms with Gasteiger partial charge in [0.15, 0.2) is 11.6 Å². The summed E-state index contributed by atoms with van der Waals surface area (Å²) in [5, 5.41) is 0. The maximum atomic E-state index is 14.1. The second-order valence-electron chi connectivity index (χ2n) is 5.59. The summed E-state index contributed by atoms with van der Waals surface area (Å²) < 4.78 is 22.6. The van der Waals surface area contributed by atoms with Crippen LogP contribution in [0.2, 0.25) is 0 Å². The molecular weight excluding hydrogens is 325 g/mol. The lowest BCUT2D eigenvalue weighted by Crippen LogP contribution is -1.89. The van der Waals surface area contributed by atoms with Crippen LogP contribution in [0.5, 0.6) is 11.5 Å². The Bertz CT molecular complexity index is 1040. The minimum atomic E-state index is -0.374. The monoisotopic (exact) mass is 339 g/mol. The molecule has 0 spiro atoms. The molecule has 0 unspecified atom stereocenters. The van der Waals surface area contributed by atoms with Crippen molar-refractivity contribution < 1.29 is 9.13 Å². The minimum Gasteiger partial charge on any atom is -0.453 e. The van der Waals surface area contributed by atoms with Crippen LogP contribution in [0.3, 0.4) is 0 Å². The van der Waals surface area contributed by atoms with Gasteiger partial charge in [-0.2, -0.15) is 0 Å². The summed E-state index contributed by atoms with van der Waals surface area (Å²) in [6.45, 7) is 1.84. The number of aromatic nitrogens is 3. The van der Waals surface area contributed by atoms with Crippen molar-refractivity contribution in [3.63, 3.8) is 0 Å². The van der Waals surface area contributed by atoms with Gasteiger partial charge in [-0.25, -0.2) is 9.37 Å². The third-order valence-electron chi connectivity index (χ3n) is 3.64. The Morgan fingerprint density at radius 3 is 2.75 bits per heavy atom. The van der Waals surface area contributed by atoms with Crippen LogP contribution in [0.15, 0.2) is 49.1 Å². The molecule has 4 nitrogen and oxygen atoms in total. The van der Waals surface area contributed by atoms with Crippen LogP contribution in [0.4, 0.5) is 4.39 Å². The molecule has 0 aliphatic heterocycles. The fourth-order valence-corrected chi connectivity index (χ4v) is 3.50. The maximum absolute atomic E-state index is 14.1. The molecule has 120 valence electrons.